The van der Waals surface area contributed by atoms with Crippen LogP contribution in [0.1, 0.15) is 103 Å². The maximum atomic E-state index is 15.0. The maximum Gasteiger partial charge on any atom is 0.315 e. The molecule has 2 aliphatic heterocycles. The first-order valence-corrected chi connectivity index (χ1v) is 20.0. The minimum absolute atomic E-state index is 0.0602. The molecule has 0 saturated carbocycles. The molecule has 0 aliphatic carbocycles. The molecular formula is C45H46F2N8O4. The molecule has 0 radical (unpaired) electrons. The van der Waals surface area contributed by atoms with Gasteiger partial charge in [-0.3, -0.25) is 24.8 Å². The molecule has 3 N–H and O–H groups in total. The molecule has 0 bridgehead atoms. The molecule has 59 heavy (non-hydrogen) atoms. The summed E-state index contributed by atoms with van der Waals surface area (Å²) in [4.78, 5) is 47.6. The van der Waals surface area contributed by atoms with E-state index in [1.807, 2.05) is 46.0 Å². The fourth-order valence-electron chi connectivity index (χ4n) is 8.01. The second-order valence-electron chi connectivity index (χ2n) is 16.7. The van der Waals surface area contributed by atoms with Gasteiger partial charge in [0.05, 0.1) is 11.6 Å². The summed E-state index contributed by atoms with van der Waals surface area (Å²) in [6.07, 6.45) is 4.44. The largest absolute Gasteiger partial charge is 0.344 e. The average molecular weight is 801 g/mol. The number of aromatic amines is 1. The van der Waals surface area contributed by atoms with Crippen molar-refractivity contribution in [3.8, 4) is 22.4 Å². The van der Waals surface area contributed by atoms with Crippen LogP contribution in [-0.4, -0.2) is 67.6 Å². The molecule has 1 unspecified atom stereocenters. The Morgan fingerprint density at radius 3 is 2.36 bits per heavy atom. The molecule has 2 aliphatic rings. The number of aromatic nitrogens is 5. The van der Waals surface area contributed by atoms with E-state index in [-0.39, 0.29) is 29.7 Å². The van der Waals surface area contributed by atoms with E-state index in [2.05, 4.69) is 77.3 Å². The quantitative estimate of drug-likeness (QED) is 0.120. The van der Waals surface area contributed by atoms with Crippen molar-refractivity contribution in [3.05, 3.63) is 118 Å². The minimum atomic E-state index is -0.998. The molecule has 12 nitrogen and oxygen atoms in total. The summed E-state index contributed by atoms with van der Waals surface area (Å²) >= 11 is 0. The highest BCUT2D eigenvalue weighted by Crippen LogP contribution is 2.34. The van der Waals surface area contributed by atoms with Gasteiger partial charge in [-0.2, -0.15) is 10.1 Å². The van der Waals surface area contributed by atoms with Crippen molar-refractivity contribution in [2.45, 2.75) is 83.6 Å². The highest BCUT2D eigenvalue weighted by atomic mass is 19.1. The lowest BCUT2D eigenvalue weighted by atomic mass is 9.88. The van der Waals surface area contributed by atoms with Crippen LogP contribution in [0.5, 0.6) is 0 Å². The van der Waals surface area contributed by atoms with Crippen LogP contribution in [0.3, 0.4) is 0 Å². The molecule has 2 fully saturated rings. The fraction of sp³-hybridized carbons (Fsp3) is 0.356. The molecule has 14 heteroatoms. The maximum absolute atomic E-state index is 15.0. The summed E-state index contributed by atoms with van der Waals surface area (Å²) in [6, 6.07) is 19.5. The van der Waals surface area contributed by atoms with E-state index in [0.29, 0.717) is 42.5 Å². The molecular weight excluding hydrogens is 755 g/mol. The Bertz CT molecular complexity index is 2530. The number of piperidine rings is 2. The van der Waals surface area contributed by atoms with E-state index in [1.165, 1.54) is 17.7 Å². The van der Waals surface area contributed by atoms with Gasteiger partial charge in [-0.05, 0) is 104 Å². The SMILES string of the molecule is Cc1cc(-c2[nH]nc3ncc(-c4ccc(C5CCN(CCc6cc(F)c(C7CCC(=O)NC7=O)c(F)c6)CC5)cc4)cc23)ccc1CNC(=O)c1nc(C(C)(C)C)no1. The highest BCUT2D eigenvalue weighted by molar-refractivity contribution is 6.01. The fourth-order valence-corrected chi connectivity index (χ4v) is 8.01. The number of nitrogens with one attached hydrogen (secondary N) is 3. The molecule has 304 valence electrons. The lowest BCUT2D eigenvalue weighted by Crippen LogP contribution is -2.40. The zero-order valence-corrected chi connectivity index (χ0v) is 33.5. The number of fused-ring (bicyclic) bond motifs is 1. The van der Waals surface area contributed by atoms with Crippen molar-refractivity contribution >= 4 is 28.8 Å². The summed E-state index contributed by atoms with van der Waals surface area (Å²) < 4.78 is 35.3. The number of carbonyl (C=O) groups is 3. The number of likely N-dealkylation sites (tertiary alicyclic amines) is 1. The molecule has 1 atom stereocenters. The van der Waals surface area contributed by atoms with Gasteiger partial charge in [-0.15, -0.1) is 0 Å². The minimum Gasteiger partial charge on any atom is -0.344 e. The third kappa shape index (κ3) is 8.54. The van der Waals surface area contributed by atoms with E-state index in [9.17, 15) is 14.4 Å². The summed E-state index contributed by atoms with van der Waals surface area (Å²) in [7, 11) is 0. The molecule has 6 aromatic rings. The number of hydrogen-bond acceptors (Lipinski definition) is 9. The van der Waals surface area contributed by atoms with E-state index >= 15 is 8.78 Å². The predicted molar refractivity (Wildman–Crippen MR) is 217 cm³/mol. The Labute approximate surface area is 340 Å². The Morgan fingerprint density at radius 1 is 0.949 bits per heavy atom. The second kappa shape index (κ2) is 16.2. The van der Waals surface area contributed by atoms with Crippen molar-refractivity contribution < 1.29 is 27.7 Å². The lowest BCUT2D eigenvalue weighted by Gasteiger charge is -2.32. The average Bonchev–Trinajstić information content (AvgIpc) is 3.89. The Morgan fingerprint density at radius 2 is 1.68 bits per heavy atom. The Kier molecular flexibility index (Phi) is 10.9. The van der Waals surface area contributed by atoms with Crippen LogP contribution in [0, 0.1) is 18.6 Å². The van der Waals surface area contributed by atoms with Gasteiger partial charge in [-0.25, -0.2) is 13.8 Å². The van der Waals surface area contributed by atoms with Gasteiger partial charge >= 0.3 is 11.8 Å². The van der Waals surface area contributed by atoms with Crippen LogP contribution in [0.2, 0.25) is 0 Å². The van der Waals surface area contributed by atoms with Gasteiger partial charge in [0.25, 0.3) is 0 Å². The summed E-state index contributed by atoms with van der Waals surface area (Å²) in [5.41, 5.74) is 7.65. The number of imide groups is 1. The van der Waals surface area contributed by atoms with Gasteiger partial charge in [0.15, 0.2) is 11.5 Å². The Balaban J connectivity index is 0.864. The lowest BCUT2D eigenvalue weighted by molar-refractivity contribution is -0.134. The van der Waals surface area contributed by atoms with Gasteiger partial charge in [0.2, 0.25) is 11.8 Å². The summed E-state index contributed by atoms with van der Waals surface area (Å²) in [6.45, 7) is 10.6. The van der Waals surface area contributed by atoms with Crippen LogP contribution in [0.15, 0.2) is 71.4 Å². The third-order valence-electron chi connectivity index (χ3n) is 11.5. The highest BCUT2D eigenvalue weighted by Gasteiger charge is 2.33. The number of benzene rings is 3. The van der Waals surface area contributed by atoms with E-state index in [4.69, 9.17) is 4.52 Å². The monoisotopic (exact) mass is 800 g/mol. The number of carbonyl (C=O) groups excluding carboxylic acids is 3. The van der Waals surface area contributed by atoms with Crippen LogP contribution >= 0.6 is 0 Å². The molecule has 0 spiro atoms. The number of aryl methyl sites for hydroxylation is 1. The van der Waals surface area contributed by atoms with Crippen LogP contribution in [0.4, 0.5) is 8.78 Å². The third-order valence-corrected chi connectivity index (χ3v) is 11.5. The van der Waals surface area contributed by atoms with Gasteiger partial charge in [0.1, 0.15) is 11.6 Å². The zero-order chi connectivity index (χ0) is 41.4. The number of amides is 3. The molecule has 3 aromatic heterocycles. The molecule has 3 amide bonds. The van der Waals surface area contributed by atoms with Gasteiger partial charge in [-0.1, -0.05) is 62.3 Å². The van der Waals surface area contributed by atoms with Crippen molar-refractivity contribution in [1.82, 2.24) is 40.9 Å². The first-order chi connectivity index (χ1) is 28.3. The number of halogens is 2. The van der Waals surface area contributed by atoms with Gasteiger partial charge < -0.3 is 14.7 Å². The Hall–Kier alpha value is -6.15. The number of nitrogens with zero attached hydrogens (tertiary/aromatic N) is 5. The van der Waals surface area contributed by atoms with Crippen molar-refractivity contribution in [2.24, 2.45) is 0 Å². The van der Waals surface area contributed by atoms with Crippen molar-refractivity contribution in [3.63, 3.8) is 0 Å². The number of hydrogen-bond donors (Lipinski definition) is 3. The standard InChI is InChI=1S/C45H46F2N8O4/c1-25-19-30(9-10-31(25)23-49-42(58)43-51-44(54-59-43)45(2,3)4)39-34-22-32(24-48-40(34)53-52-39)28-7-5-27(6-8-28)29-14-17-55(18-15-29)16-13-26-20-35(46)38(36(47)21-26)33-11-12-37(56)50-41(33)57/h5-10,19-22,24,29,33H,11-18,23H2,1-4H3,(H,49,58)(H,48,52,53)(H,50,56,57). The number of pyridine rings is 1. The van der Waals surface area contributed by atoms with Crippen molar-refractivity contribution in [2.75, 3.05) is 19.6 Å². The van der Waals surface area contributed by atoms with Crippen molar-refractivity contribution in [1.29, 1.82) is 0 Å². The van der Waals surface area contributed by atoms with E-state index < -0.39 is 35.3 Å². The van der Waals surface area contributed by atoms with Gasteiger partial charge in [0, 0.05) is 53.2 Å². The zero-order valence-electron chi connectivity index (χ0n) is 33.5. The topological polar surface area (TPSA) is 159 Å². The normalized spacial score (nSPS) is 16.7. The first kappa shape index (κ1) is 39.7. The van der Waals surface area contributed by atoms with Crippen LogP contribution in [-0.2, 0) is 28.0 Å². The number of rotatable bonds is 10. The summed E-state index contributed by atoms with van der Waals surface area (Å²) in [5.74, 6) is -3.15. The second-order valence-corrected chi connectivity index (χ2v) is 16.7. The predicted octanol–water partition coefficient (Wildman–Crippen LogP) is 7.43. The van der Waals surface area contributed by atoms with Crippen LogP contribution < -0.4 is 10.6 Å². The first-order valence-electron chi connectivity index (χ1n) is 20.0. The van der Waals surface area contributed by atoms with Crippen LogP contribution in [0.25, 0.3) is 33.4 Å². The van der Waals surface area contributed by atoms with E-state index in [1.54, 1.807) is 0 Å². The number of H-pyrrole nitrogens is 1. The summed E-state index contributed by atoms with van der Waals surface area (Å²) in [5, 5.41) is 17.5. The smallest absolute Gasteiger partial charge is 0.315 e. The molecule has 3 aromatic carbocycles. The molecule has 5 heterocycles. The molecule has 8 rings (SSSR count). The van der Waals surface area contributed by atoms with E-state index in [0.717, 1.165) is 64.8 Å². The molecule has 2 saturated heterocycles.